The average molecular weight is 282 g/mol. The van der Waals surface area contributed by atoms with Gasteiger partial charge in [-0.1, -0.05) is 53.0 Å². The number of rotatable bonds is 5. The van der Waals surface area contributed by atoms with E-state index in [1.807, 2.05) is 30.3 Å². The second-order valence-corrected chi connectivity index (χ2v) is 5.46. The van der Waals surface area contributed by atoms with E-state index in [2.05, 4.69) is 17.4 Å². The Morgan fingerprint density at radius 2 is 1.88 bits per heavy atom. The Labute approximate surface area is 109 Å². The minimum atomic E-state index is -1.45. The SMILES string of the molecule is C=C(NNc1ccccc1)OCC(Cl)(Cl)Cl. The van der Waals surface area contributed by atoms with Gasteiger partial charge in [0, 0.05) is 0 Å². The first-order valence-electron chi connectivity index (χ1n) is 4.43. The fourth-order valence-corrected chi connectivity index (χ4v) is 1.03. The molecule has 0 bridgehead atoms. The maximum atomic E-state index is 5.51. The monoisotopic (exact) mass is 280 g/mol. The van der Waals surface area contributed by atoms with Crippen LogP contribution in [-0.4, -0.2) is 10.4 Å². The van der Waals surface area contributed by atoms with Crippen molar-refractivity contribution in [3.8, 4) is 0 Å². The number of hydrogen-bond acceptors (Lipinski definition) is 3. The van der Waals surface area contributed by atoms with E-state index in [4.69, 9.17) is 39.5 Å². The second-order valence-electron chi connectivity index (χ2n) is 2.94. The normalized spacial score (nSPS) is 10.7. The van der Waals surface area contributed by atoms with Crippen LogP contribution in [0.5, 0.6) is 0 Å². The van der Waals surface area contributed by atoms with Crippen LogP contribution in [0.25, 0.3) is 0 Å². The highest BCUT2D eigenvalue weighted by Crippen LogP contribution is 2.26. The van der Waals surface area contributed by atoms with Gasteiger partial charge in [-0.2, -0.15) is 0 Å². The molecule has 0 saturated heterocycles. The highest BCUT2D eigenvalue weighted by Gasteiger charge is 2.20. The number of ether oxygens (including phenoxy) is 1. The Bertz CT molecular complexity index is 338. The summed E-state index contributed by atoms with van der Waals surface area (Å²) in [6, 6.07) is 9.48. The Morgan fingerprint density at radius 3 is 2.44 bits per heavy atom. The lowest BCUT2D eigenvalue weighted by Crippen LogP contribution is -2.24. The molecule has 0 unspecified atom stereocenters. The first-order chi connectivity index (χ1) is 7.47. The standard InChI is InChI=1S/C10H11Cl3N2O/c1-8(16-7-10(11,12)13)14-15-9-5-3-2-4-6-9/h2-6,14-15H,1,7H2. The van der Waals surface area contributed by atoms with E-state index < -0.39 is 3.79 Å². The van der Waals surface area contributed by atoms with E-state index in [0.29, 0.717) is 0 Å². The van der Waals surface area contributed by atoms with Crippen molar-refractivity contribution in [3.63, 3.8) is 0 Å². The zero-order valence-electron chi connectivity index (χ0n) is 8.34. The van der Waals surface area contributed by atoms with Crippen LogP contribution in [0.15, 0.2) is 42.8 Å². The van der Waals surface area contributed by atoms with Gasteiger partial charge in [0.2, 0.25) is 3.79 Å². The van der Waals surface area contributed by atoms with Gasteiger partial charge in [-0.25, -0.2) is 0 Å². The molecule has 1 rings (SSSR count). The minimum absolute atomic E-state index is 0.0695. The molecule has 6 heteroatoms. The van der Waals surface area contributed by atoms with Crippen molar-refractivity contribution in [3.05, 3.63) is 42.8 Å². The topological polar surface area (TPSA) is 33.3 Å². The number of benzene rings is 1. The van der Waals surface area contributed by atoms with E-state index in [-0.39, 0.29) is 12.5 Å². The molecule has 2 N–H and O–H groups in total. The van der Waals surface area contributed by atoms with Crippen LogP contribution in [-0.2, 0) is 4.74 Å². The van der Waals surface area contributed by atoms with E-state index >= 15 is 0 Å². The van der Waals surface area contributed by atoms with Crippen LogP contribution in [0.3, 0.4) is 0 Å². The van der Waals surface area contributed by atoms with Gasteiger partial charge >= 0.3 is 0 Å². The van der Waals surface area contributed by atoms with Crippen molar-refractivity contribution in [2.45, 2.75) is 3.79 Å². The molecule has 0 aliphatic rings. The molecule has 0 saturated carbocycles. The van der Waals surface area contributed by atoms with Crippen molar-refractivity contribution in [2.24, 2.45) is 0 Å². The molecule has 1 aromatic rings. The molecule has 0 amide bonds. The molecule has 0 radical (unpaired) electrons. The molecule has 16 heavy (non-hydrogen) atoms. The van der Waals surface area contributed by atoms with Crippen molar-refractivity contribution in [1.29, 1.82) is 0 Å². The summed E-state index contributed by atoms with van der Waals surface area (Å²) in [5, 5.41) is 0. The maximum Gasteiger partial charge on any atom is 0.224 e. The van der Waals surface area contributed by atoms with Gasteiger partial charge in [-0.3, -0.25) is 10.9 Å². The fourth-order valence-electron chi connectivity index (χ4n) is 0.868. The second kappa shape index (κ2) is 6.09. The number of nitrogens with one attached hydrogen (secondary N) is 2. The first-order valence-corrected chi connectivity index (χ1v) is 5.56. The predicted molar refractivity (Wildman–Crippen MR) is 68.6 cm³/mol. The summed E-state index contributed by atoms with van der Waals surface area (Å²) >= 11 is 16.5. The van der Waals surface area contributed by atoms with Crippen LogP contribution in [0.2, 0.25) is 0 Å². The van der Waals surface area contributed by atoms with Crippen molar-refractivity contribution in [2.75, 3.05) is 12.0 Å². The number of para-hydroxylation sites is 1. The zero-order chi connectivity index (χ0) is 12.0. The zero-order valence-corrected chi connectivity index (χ0v) is 10.6. The third kappa shape index (κ3) is 5.95. The number of hydrogen-bond donors (Lipinski definition) is 2. The van der Waals surface area contributed by atoms with Gasteiger partial charge in [0.1, 0.15) is 6.61 Å². The van der Waals surface area contributed by atoms with Crippen molar-refractivity contribution in [1.82, 2.24) is 5.43 Å². The summed E-state index contributed by atoms with van der Waals surface area (Å²) in [7, 11) is 0. The number of alkyl halides is 3. The van der Waals surface area contributed by atoms with Gasteiger partial charge in [-0.15, -0.1) is 0 Å². The van der Waals surface area contributed by atoms with Crippen LogP contribution in [0.4, 0.5) is 5.69 Å². The molecule has 3 nitrogen and oxygen atoms in total. The molecule has 1 aromatic carbocycles. The maximum absolute atomic E-state index is 5.51. The minimum Gasteiger partial charge on any atom is -0.474 e. The van der Waals surface area contributed by atoms with Crippen molar-refractivity contribution < 1.29 is 4.74 Å². The number of hydrazine groups is 1. The average Bonchev–Trinajstić information content (AvgIpc) is 2.24. The molecule has 0 atom stereocenters. The Balaban J connectivity index is 2.26. The van der Waals surface area contributed by atoms with Gasteiger partial charge in [0.15, 0.2) is 5.88 Å². The summed E-state index contributed by atoms with van der Waals surface area (Å²) in [6.07, 6.45) is 0. The van der Waals surface area contributed by atoms with Crippen molar-refractivity contribution >= 4 is 40.5 Å². The summed E-state index contributed by atoms with van der Waals surface area (Å²) < 4.78 is 3.62. The van der Waals surface area contributed by atoms with Gasteiger partial charge in [0.25, 0.3) is 0 Å². The highest BCUT2D eigenvalue weighted by molar-refractivity contribution is 6.67. The van der Waals surface area contributed by atoms with E-state index in [0.717, 1.165) is 5.69 Å². The van der Waals surface area contributed by atoms with Crippen LogP contribution in [0.1, 0.15) is 0 Å². The number of anilines is 1. The molecule has 0 spiro atoms. The summed E-state index contributed by atoms with van der Waals surface area (Å²) in [4.78, 5) is 0. The molecule has 0 aromatic heterocycles. The van der Waals surface area contributed by atoms with E-state index in [9.17, 15) is 0 Å². The van der Waals surface area contributed by atoms with Gasteiger partial charge in [-0.05, 0) is 18.7 Å². The summed E-state index contributed by atoms with van der Waals surface area (Å²) in [5.74, 6) is 0.273. The lowest BCUT2D eigenvalue weighted by Gasteiger charge is -2.16. The Kier molecular flexibility index (Phi) is 5.06. The fraction of sp³-hybridized carbons (Fsp3) is 0.200. The molecule has 0 aliphatic heterocycles. The molecule has 0 heterocycles. The first kappa shape index (κ1) is 13.3. The summed E-state index contributed by atoms with van der Waals surface area (Å²) in [5.41, 5.74) is 6.48. The summed E-state index contributed by atoms with van der Waals surface area (Å²) in [6.45, 7) is 3.53. The molecular weight excluding hydrogens is 270 g/mol. The van der Waals surface area contributed by atoms with Gasteiger partial charge in [0.05, 0.1) is 5.69 Å². The van der Waals surface area contributed by atoms with E-state index in [1.54, 1.807) is 0 Å². The Morgan fingerprint density at radius 1 is 1.25 bits per heavy atom. The van der Waals surface area contributed by atoms with E-state index in [1.165, 1.54) is 0 Å². The molecule has 0 fully saturated rings. The quantitative estimate of drug-likeness (QED) is 0.493. The third-order valence-electron chi connectivity index (χ3n) is 1.53. The van der Waals surface area contributed by atoms with Gasteiger partial charge < -0.3 is 4.74 Å². The highest BCUT2D eigenvalue weighted by atomic mass is 35.6. The predicted octanol–water partition coefficient (Wildman–Crippen LogP) is 3.46. The van der Waals surface area contributed by atoms with Crippen LogP contribution >= 0.6 is 34.8 Å². The molecule has 0 aliphatic carbocycles. The molecular formula is C10H11Cl3N2O. The molecule has 88 valence electrons. The third-order valence-corrected chi connectivity index (χ3v) is 1.86. The lowest BCUT2D eigenvalue weighted by molar-refractivity contribution is 0.202. The van der Waals surface area contributed by atoms with Crippen LogP contribution < -0.4 is 10.9 Å². The largest absolute Gasteiger partial charge is 0.474 e. The van der Waals surface area contributed by atoms with Crippen LogP contribution in [0, 0.1) is 0 Å². The lowest BCUT2D eigenvalue weighted by atomic mass is 10.3. The number of halogens is 3. The smallest absolute Gasteiger partial charge is 0.224 e. The Hall–Kier alpha value is -0.770.